The molecule has 0 radical (unpaired) electrons. The largest absolute Gasteiger partial charge is 0.455 e. The highest BCUT2D eigenvalue weighted by Crippen LogP contribution is 2.59. The highest BCUT2D eigenvalue weighted by atomic mass is 16.3. The SMILES string of the molecule is CC1(C)c2cc(-c3cc4ccccc4c4ccccc34)ccc2-c2ccc(-c3cccc4c3oc3ccccc34)cc21.Cc1cc(-c2cccc3c2oc2ccccc23)c(C)cc1-c1cc2ccccc2c2ccccc12.c1ccc(C2(c3ccccc3)c3cc(-c4cc5ccccc5c5ccccc45)ccc3-c3ccc(-c4cccc5c4oc4ccccc45)cc32)cc1. The van der Waals surface area contributed by atoms with E-state index in [-0.39, 0.29) is 5.41 Å². The molecule has 0 N–H and O–H groups in total. The summed E-state index contributed by atoms with van der Waals surface area (Å²) in [4.78, 5) is 0. The molecule has 3 heteroatoms. The van der Waals surface area contributed by atoms with Gasteiger partial charge in [-0.1, -0.05) is 390 Å². The summed E-state index contributed by atoms with van der Waals surface area (Å²) in [5, 5.41) is 22.4. The fraction of sp³-hybridized carbons (Fsp3) is 0.0476. The molecule has 25 aromatic rings. The lowest BCUT2D eigenvalue weighted by Gasteiger charge is -2.34. The molecule has 2 aliphatic rings. The maximum atomic E-state index is 6.57. The molecule has 22 aromatic carbocycles. The third-order valence-electron chi connectivity index (χ3n) is 28.1. The van der Waals surface area contributed by atoms with E-state index in [2.05, 4.69) is 440 Å². The van der Waals surface area contributed by atoms with E-state index < -0.39 is 5.41 Å². The molecule has 3 heterocycles. The number of hydrogen-bond donors (Lipinski definition) is 0. The Morgan fingerprint density at radius 2 is 0.442 bits per heavy atom. The minimum atomic E-state index is -0.548. The number of benzene rings is 22. The zero-order valence-corrected chi connectivity index (χ0v) is 71.8. The summed E-state index contributed by atoms with van der Waals surface area (Å²) in [6.07, 6.45) is 0. The van der Waals surface area contributed by atoms with Crippen molar-refractivity contribution in [2.75, 3.05) is 0 Å². The van der Waals surface area contributed by atoms with Gasteiger partial charge in [-0.25, -0.2) is 0 Å². The fourth-order valence-corrected chi connectivity index (χ4v) is 22.1. The van der Waals surface area contributed by atoms with Gasteiger partial charge >= 0.3 is 0 Å². The Labute approximate surface area is 747 Å². The molecular formula is C126H84O3. The average Bonchev–Trinajstić information content (AvgIpc) is 1.54. The van der Waals surface area contributed by atoms with Crippen LogP contribution in [0.4, 0.5) is 0 Å². The Hall–Kier alpha value is -16.2. The summed E-state index contributed by atoms with van der Waals surface area (Å²) in [6.45, 7) is 9.17. The summed E-state index contributed by atoms with van der Waals surface area (Å²) in [5.74, 6) is 0. The molecule has 0 amide bonds. The van der Waals surface area contributed by atoms with Gasteiger partial charge in [-0.3, -0.25) is 0 Å². The molecule has 2 aliphatic carbocycles. The lowest BCUT2D eigenvalue weighted by molar-refractivity contribution is 0.660. The summed E-state index contributed by atoms with van der Waals surface area (Å²) >= 11 is 0. The predicted molar refractivity (Wildman–Crippen MR) is 543 cm³/mol. The Balaban J connectivity index is 0.000000107. The van der Waals surface area contributed by atoms with E-state index in [0.29, 0.717) is 0 Å². The topological polar surface area (TPSA) is 39.4 Å². The van der Waals surface area contributed by atoms with Crippen LogP contribution < -0.4 is 0 Å². The molecule has 0 unspecified atom stereocenters. The van der Waals surface area contributed by atoms with Gasteiger partial charge in [-0.15, -0.1) is 0 Å². The number of fused-ring (bicyclic) bond motifs is 24. The van der Waals surface area contributed by atoms with Crippen LogP contribution in [0.5, 0.6) is 0 Å². The van der Waals surface area contributed by atoms with E-state index in [1.807, 2.05) is 24.3 Å². The van der Waals surface area contributed by atoms with Crippen molar-refractivity contribution >= 4 is 130 Å². The molecule has 0 bridgehead atoms. The Kier molecular flexibility index (Phi) is 17.4. The maximum Gasteiger partial charge on any atom is 0.143 e. The highest BCUT2D eigenvalue weighted by molar-refractivity contribution is 6.19. The van der Waals surface area contributed by atoms with Crippen molar-refractivity contribution in [1.29, 1.82) is 0 Å². The zero-order valence-electron chi connectivity index (χ0n) is 71.8. The zero-order chi connectivity index (χ0) is 85.7. The lowest BCUT2D eigenvalue weighted by atomic mass is 9.67. The van der Waals surface area contributed by atoms with Crippen LogP contribution in [0.2, 0.25) is 0 Å². The van der Waals surface area contributed by atoms with Crippen LogP contribution >= 0.6 is 0 Å². The van der Waals surface area contributed by atoms with Gasteiger partial charge in [0.2, 0.25) is 0 Å². The first kappa shape index (κ1) is 75.3. The van der Waals surface area contributed by atoms with Crippen LogP contribution in [0.25, 0.3) is 219 Å². The van der Waals surface area contributed by atoms with E-state index in [1.165, 1.54) is 187 Å². The number of aryl methyl sites for hydroxylation is 2. The molecule has 3 nitrogen and oxygen atoms in total. The van der Waals surface area contributed by atoms with Crippen molar-refractivity contribution in [2.24, 2.45) is 0 Å². The minimum absolute atomic E-state index is 0.134. The summed E-state index contributed by atoms with van der Waals surface area (Å²) < 4.78 is 19.3. The first-order chi connectivity index (χ1) is 63.5. The number of rotatable bonds is 8. The van der Waals surface area contributed by atoms with E-state index in [9.17, 15) is 0 Å². The minimum Gasteiger partial charge on any atom is -0.455 e. The summed E-state index contributed by atoms with van der Waals surface area (Å²) in [6, 6.07) is 159. The molecule has 27 rings (SSSR count). The maximum absolute atomic E-state index is 6.57. The lowest BCUT2D eigenvalue weighted by Crippen LogP contribution is -2.28. The molecule has 0 aliphatic heterocycles. The quantitative estimate of drug-likeness (QED) is 0.142. The molecule has 129 heavy (non-hydrogen) atoms. The molecule has 0 spiro atoms. The smallest absolute Gasteiger partial charge is 0.143 e. The van der Waals surface area contributed by atoms with Crippen molar-refractivity contribution in [3.05, 3.63) is 481 Å². The van der Waals surface area contributed by atoms with E-state index >= 15 is 0 Å². The molecule has 606 valence electrons. The average molecular weight is 1650 g/mol. The van der Waals surface area contributed by atoms with Gasteiger partial charge in [-0.2, -0.15) is 0 Å². The van der Waals surface area contributed by atoms with Crippen molar-refractivity contribution in [2.45, 2.75) is 38.5 Å². The van der Waals surface area contributed by atoms with Gasteiger partial charge in [0.15, 0.2) is 0 Å². The Morgan fingerprint density at radius 3 is 0.829 bits per heavy atom. The van der Waals surface area contributed by atoms with Crippen molar-refractivity contribution in [3.8, 4) is 89.0 Å². The van der Waals surface area contributed by atoms with E-state index in [1.54, 1.807) is 0 Å². The van der Waals surface area contributed by atoms with Crippen LogP contribution in [0.1, 0.15) is 58.4 Å². The normalized spacial score (nSPS) is 12.9. The molecular weight excluding hydrogens is 1560 g/mol. The highest BCUT2D eigenvalue weighted by Gasteiger charge is 2.47. The predicted octanol–water partition coefficient (Wildman–Crippen LogP) is 35.0. The van der Waals surface area contributed by atoms with Crippen LogP contribution in [0.15, 0.2) is 450 Å². The number of hydrogen-bond acceptors (Lipinski definition) is 3. The first-order valence-corrected chi connectivity index (χ1v) is 44.8. The van der Waals surface area contributed by atoms with E-state index in [0.717, 1.165) is 77.3 Å². The second-order valence-electron chi connectivity index (χ2n) is 35.5. The van der Waals surface area contributed by atoms with Crippen LogP contribution in [-0.4, -0.2) is 0 Å². The number of para-hydroxylation sites is 6. The van der Waals surface area contributed by atoms with Crippen LogP contribution in [0, 0.1) is 13.8 Å². The Morgan fingerprint density at radius 1 is 0.171 bits per heavy atom. The van der Waals surface area contributed by atoms with E-state index in [4.69, 9.17) is 13.3 Å². The first-order valence-electron chi connectivity index (χ1n) is 44.8. The molecule has 0 saturated heterocycles. The third kappa shape index (κ3) is 11.9. The molecule has 0 saturated carbocycles. The Bertz CT molecular complexity index is 8900. The van der Waals surface area contributed by atoms with Crippen molar-refractivity contribution in [3.63, 3.8) is 0 Å². The summed E-state index contributed by atoms with van der Waals surface area (Å²) in [7, 11) is 0. The van der Waals surface area contributed by atoms with Crippen molar-refractivity contribution in [1.82, 2.24) is 0 Å². The fourth-order valence-electron chi connectivity index (χ4n) is 22.1. The van der Waals surface area contributed by atoms with Gasteiger partial charge in [0.1, 0.15) is 33.5 Å². The standard InChI is InChI=1S/C51H32O.C41H28O.C34H24O/c1-3-15-36(16-4-1)51(37-17-5-2-6-18-37)47-31-34(39-23-13-24-45-44-22-11-12-25-49(44)52-50(39)45)26-28-42(47)43-29-27-35(32-48(43)51)46-30-33-14-7-8-19-38(33)40-20-9-10-21-41(40)46;1-41(2)37-23-26(29-15-9-16-35-34-14-7-8-17-39(34)42-40(29)35)18-20-32(37)33-21-19-27(24-38(33)41)36-22-25-10-3-4-11-28(25)30-12-5-6-13-31(30)36;1-21-19-31(32-20-23-10-3-4-11-24(23)25-12-5-6-13-26(25)32)22(2)18-30(21)29-16-9-15-28-27-14-7-8-17-33(27)35-34(28)29/h1-32H;3-24H,1-2H3;3-20H,1-2H3. The second kappa shape index (κ2) is 29.7. The van der Waals surface area contributed by atoms with Gasteiger partial charge in [0.05, 0.1) is 5.41 Å². The molecule has 0 fully saturated rings. The molecule has 3 aromatic heterocycles. The molecule has 0 atom stereocenters. The van der Waals surface area contributed by atoms with Gasteiger partial charge in [0.25, 0.3) is 0 Å². The number of furan rings is 3. The van der Waals surface area contributed by atoms with Gasteiger partial charge in [-0.05, 0) is 256 Å². The van der Waals surface area contributed by atoms with Gasteiger partial charge < -0.3 is 13.3 Å². The van der Waals surface area contributed by atoms with Crippen LogP contribution in [-0.2, 0) is 10.8 Å². The monoisotopic (exact) mass is 1640 g/mol. The van der Waals surface area contributed by atoms with Gasteiger partial charge in [0, 0.05) is 54.4 Å². The van der Waals surface area contributed by atoms with Crippen molar-refractivity contribution < 1.29 is 13.3 Å². The third-order valence-corrected chi connectivity index (χ3v) is 28.1. The summed E-state index contributed by atoms with van der Waals surface area (Å²) in [5.41, 5.74) is 35.0. The second-order valence-corrected chi connectivity index (χ2v) is 35.5. The van der Waals surface area contributed by atoms with Crippen LogP contribution in [0.3, 0.4) is 0 Å².